The first-order chi connectivity index (χ1) is 8.08. The molecule has 4 nitrogen and oxygen atoms in total. The van der Waals surface area contributed by atoms with E-state index in [0.29, 0.717) is 17.9 Å². The number of carboxylic acid groups (broad SMARTS) is 1. The van der Waals surface area contributed by atoms with Crippen LogP contribution in [0.3, 0.4) is 0 Å². The number of carboxylic acids is 1. The molecule has 96 valence electrons. The molecule has 0 aliphatic heterocycles. The minimum absolute atomic E-state index is 0.285. The molecule has 0 aromatic carbocycles. The van der Waals surface area contributed by atoms with Crippen molar-refractivity contribution < 1.29 is 14.7 Å². The van der Waals surface area contributed by atoms with Crippen LogP contribution >= 0.6 is 0 Å². The molecule has 0 atom stereocenters. The van der Waals surface area contributed by atoms with Gasteiger partial charge in [-0.3, -0.25) is 9.59 Å². The van der Waals surface area contributed by atoms with Crippen LogP contribution in [0, 0.1) is 11.8 Å². The molecule has 0 saturated heterocycles. The fourth-order valence-electron chi connectivity index (χ4n) is 2.78. The highest BCUT2D eigenvalue weighted by atomic mass is 16.4. The van der Waals surface area contributed by atoms with Gasteiger partial charge < -0.3 is 10.0 Å². The van der Waals surface area contributed by atoms with Gasteiger partial charge in [0.1, 0.15) is 0 Å². The first-order valence-corrected chi connectivity index (χ1v) is 6.56. The molecule has 1 N–H and O–H groups in total. The van der Waals surface area contributed by atoms with Gasteiger partial charge >= 0.3 is 5.97 Å². The fraction of sp³-hybridized carbons (Fsp3) is 0.846. The van der Waals surface area contributed by atoms with E-state index in [1.807, 2.05) is 11.9 Å². The molecule has 0 bridgehead atoms. The Morgan fingerprint density at radius 2 is 1.71 bits per heavy atom. The van der Waals surface area contributed by atoms with Crippen LogP contribution in [-0.2, 0) is 9.59 Å². The molecule has 2 rings (SSSR count). The third-order valence-electron chi connectivity index (χ3n) is 4.10. The number of amides is 1. The second-order valence-corrected chi connectivity index (χ2v) is 5.50. The Labute approximate surface area is 102 Å². The van der Waals surface area contributed by atoms with Crippen molar-refractivity contribution in [2.45, 2.75) is 51.0 Å². The third-order valence-corrected chi connectivity index (χ3v) is 4.10. The van der Waals surface area contributed by atoms with Gasteiger partial charge in [-0.15, -0.1) is 0 Å². The molecule has 0 radical (unpaired) electrons. The van der Waals surface area contributed by atoms with Crippen LogP contribution in [0.5, 0.6) is 0 Å². The van der Waals surface area contributed by atoms with E-state index < -0.39 is 5.97 Å². The van der Waals surface area contributed by atoms with E-state index >= 15 is 0 Å². The van der Waals surface area contributed by atoms with Gasteiger partial charge in [-0.25, -0.2) is 0 Å². The highest BCUT2D eigenvalue weighted by Crippen LogP contribution is 2.34. The third kappa shape index (κ3) is 3.20. The number of rotatable bonds is 4. The average molecular weight is 239 g/mol. The summed E-state index contributed by atoms with van der Waals surface area (Å²) in [5.74, 6) is 0.201. The first kappa shape index (κ1) is 12.4. The molecule has 1 amide bonds. The molecule has 4 heteroatoms. The number of aliphatic carboxylic acids is 1. The van der Waals surface area contributed by atoms with Gasteiger partial charge in [0.05, 0.1) is 0 Å². The van der Waals surface area contributed by atoms with Crippen LogP contribution in [0.2, 0.25) is 0 Å². The van der Waals surface area contributed by atoms with E-state index in [1.54, 1.807) is 0 Å². The molecule has 2 aliphatic carbocycles. The minimum Gasteiger partial charge on any atom is -0.481 e. The number of hydrogen-bond acceptors (Lipinski definition) is 2. The summed E-state index contributed by atoms with van der Waals surface area (Å²) < 4.78 is 0. The molecular formula is C13H21NO3. The van der Waals surface area contributed by atoms with E-state index in [2.05, 4.69) is 0 Å². The lowest BCUT2D eigenvalue weighted by Crippen LogP contribution is -2.40. The number of carbonyl (C=O) groups is 2. The smallest absolute Gasteiger partial charge is 0.303 e. The molecule has 0 unspecified atom stereocenters. The lowest BCUT2D eigenvalue weighted by atomic mass is 9.83. The largest absolute Gasteiger partial charge is 0.481 e. The summed E-state index contributed by atoms with van der Waals surface area (Å²) in [6.45, 7) is 0. The van der Waals surface area contributed by atoms with Crippen molar-refractivity contribution in [3.63, 3.8) is 0 Å². The zero-order valence-corrected chi connectivity index (χ0v) is 10.4. The topological polar surface area (TPSA) is 57.6 Å². The standard InChI is InChI=1S/C13H21NO3/c1-14(13(17)10-4-5-10)11-6-2-9(3-7-11)8-12(15)16/h9-11H,2-8H2,1H3,(H,15,16). The van der Waals surface area contributed by atoms with Crippen molar-refractivity contribution in [3.05, 3.63) is 0 Å². The predicted molar refractivity (Wildman–Crippen MR) is 63.5 cm³/mol. The van der Waals surface area contributed by atoms with Crippen LogP contribution in [-0.4, -0.2) is 35.0 Å². The van der Waals surface area contributed by atoms with Crippen LogP contribution in [0.25, 0.3) is 0 Å². The summed E-state index contributed by atoms with van der Waals surface area (Å²) in [5, 5.41) is 8.75. The molecule has 2 aliphatic rings. The van der Waals surface area contributed by atoms with Gasteiger partial charge in [0.15, 0.2) is 0 Å². The molecule has 0 aromatic heterocycles. The van der Waals surface area contributed by atoms with Crippen molar-refractivity contribution >= 4 is 11.9 Å². The maximum atomic E-state index is 11.9. The van der Waals surface area contributed by atoms with Gasteiger partial charge in [0.2, 0.25) is 5.91 Å². The summed E-state index contributed by atoms with van der Waals surface area (Å²) in [7, 11) is 1.91. The minimum atomic E-state index is -0.698. The molecule has 2 saturated carbocycles. The molecule has 0 aromatic rings. The van der Waals surface area contributed by atoms with Crippen LogP contribution in [0.15, 0.2) is 0 Å². The quantitative estimate of drug-likeness (QED) is 0.815. The normalized spacial score (nSPS) is 28.8. The number of carbonyl (C=O) groups excluding carboxylic acids is 1. The van der Waals surface area contributed by atoms with Gasteiger partial charge in [0, 0.05) is 25.4 Å². The molecular weight excluding hydrogens is 218 g/mol. The van der Waals surface area contributed by atoms with Crippen LogP contribution < -0.4 is 0 Å². The molecule has 17 heavy (non-hydrogen) atoms. The van der Waals surface area contributed by atoms with E-state index in [-0.39, 0.29) is 12.3 Å². The Hall–Kier alpha value is -1.06. The molecule has 0 spiro atoms. The Balaban J connectivity index is 1.77. The maximum absolute atomic E-state index is 11.9. The second kappa shape index (κ2) is 5.07. The highest BCUT2D eigenvalue weighted by Gasteiger charge is 2.35. The fourth-order valence-corrected chi connectivity index (χ4v) is 2.78. The summed E-state index contributed by atoms with van der Waals surface area (Å²) in [6.07, 6.45) is 6.21. The van der Waals surface area contributed by atoms with Crippen molar-refractivity contribution in [2.75, 3.05) is 7.05 Å². The van der Waals surface area contributed by atoms with Gasteiger partial charge in [-0.1, -0.05) is 0 Å². The lowest BCUT2D eigenvalue weighted by molar-refractivity contribution is -0.139. The monoisotopic (exact) mass is 239 g/mol. The van der Waals surface area contributed by atoms with E-state index in [9.17, 15) is 9.59 Å². The maximum Gasteiger partial charge on any atom is 0.303 e. The lowest BCUT2D eigenvalue weighted by Gasteiger charge is -2.34. The van der Waals surface area contributed by atoms with Gasteiger partial charge in [-0.2, -0.15) is 0 Å². The Kier molecular flexibility index (Phi) is 3.69. The first-order valence-electron chi connectivity index (χ1n) is 6.56. The van der Waals surface area contributed by atoms with Crippen molar-refractivity contribution in [2.24, 2.45) is 11.8 Å². The van der Waals surface area contributed by atoms with Crippen LogP contribution in [0.1, 0.15) is 44.9 Å². The summed E-state index contributed by atoms with van der Waals surface area (Å²) >= 11 is 0. The van der Waals surface area contributed by atoms with E-state index in [0.717, 1.165) is 38.5 Å². The molecule has 0 heterocycles. The predicted octanol–water partition coefficient (Wildman–Crippen LogP) is 1.89. The average Bonchev–Trinajstić information content (AvgIpc) is 3.11. The number of nitrogens with zero attached hydrogens (tertiary/aromatic N) is 1. The Morgan fingerprint density at radius 3 is 2.18 bits per heavy atom. The van der Waals surface area contributed by atoms with Gasteiger partial charge in [-0.05, 0) is 44.4 Å². The SMILES string of the molecule is CN(C(=O)C1CC1)C1CCC(CC(=O)O)CC1. The summed E-state index contributed by atoms with van der Waals surface area (Å²) in [5.41, 5.74) is 0. The Bertz CT molecular complexity index is 304. The zero-order valence-electron chi connectivity index (χ0n) is 10.4. The highest BCUT2D eigenvalue weighted by molar-refractivity contribution is 5.81. The zero-order chi connectivity index (χ0) is 12.4. The van der Waals surface area contributed by atoms with E-state index in [1.165, 1.54) is 0 Å². The van der Waals surface area contributed by atoms with E-state index in [4.69, 9.17) is 5.11 Å². The molecule has 2 fully saturated rings. The van der Waals surface area contributed by atoms with Crippen molar-refractivity contribution in [1.82, 2.24) is 4.90 Å². The van der Waals surface area contributed by atoms with Crippen molar-refractivity contribution in [1.29, 1.82) is 0 Å². The summed E-state index contributed by atoms with van der Waals surface area (Å²) in [6, 6.07) is 0.341. The number of hydrogen-bond donors (Lipinski definition) is 1. The van der Waals surface area contributed by atoms with Gasteiger partial charge in [0.25, 0.3) is 0 Å². The Morgan fingerprint density at radius 1 is 1.12 bits per heavy atom. The van der Waals surface area contributed by atoms with Crippen LogP contribution in [0.4, 0.5) is 0 Å². The second-order valence-electron chi connectivity index (χ2n) is 5.50. The summed E-state index contributed by atoms with van der Waals surface area (Å²) in [4.78, 5) is 24.4. The van der Waals surface area contributed by atoms with Crippen molar-refractivity contribution in [3.8, 4) is 0 Å².